The number of carbonyl (C=O) groups is 2. The molecule has 0 bridgehead atoms. The van der Waals surface area contributed by atoms with Crippen LogP contribution in [0.4, 0.5) is 0 Å². The molecule has 0 aromatic heterocycles. The number of para-hydroxylation sites is 1. The van der Waals surface area contributed by atoms with E-state index in [9.17, 15) is 9.59 Å². The van der Waals surface area contributed by atoms with Gasteiger partial charge >= 0.3 is 5.97 Å². The Morgan fingerprint density at radius 3 is 2.78 bits per heavy atom. The molecule has 2 N–H and O–H groups in total. The highest BCUT2D eigenvalue weighted by atomic mass is 16.5. The Morgan fingerprint density at radius 2 is 2.09 bits per heavy atom. The fourth-order valence-electron chi connectivity index (χ4n) is 3.13. The summed E-state index contributed by atoms with van der Waals surface area (Å²) in [7, 11) is 1.65. The van der Waals surface area contributed by atoms with Crippen molar-refractivity contribution in [3.05, 3.63) is 29.8 Å². The Bertz CT molecular complexity index is 561. The van der Waals surface area contributed by atoms with Crippen LogP contribution < -0.4 is 10.1 Å². The quantitative estimate of drug-likeness (QED) is 0.833. The minimum atomic E-state index is -1.04. The van der Waals surface area contributed by atoms with Gasteiger partial charge in [-0.05, 0) is 24.8 Å². The molecular formula is C17H24N2O4. The number of nitrogens with zero attached hydrogens (tertiary/aromatic N) is 1. The van der Waals surface area contributed by atoms with Crippen LogP contribution in [0.1, 0.15) is 31.4 Å². The number of carboxylic acids is 1. The van der Waals surface area contributed by atoms with Crippen molar-refractivity contribution >= 4 is 11.9 Å². The summed E-state index contributed by atoms with van der Waals surface area (Å²) < 4.78 is 5.45. The summed E-state index contributed by atoms with van der Waals surface area (Å²) in [6, 6.07) is 7.96. The third-order valence-corrected chi connectivity index (χ3v) is 4.20. The summed E-state index contributed by atoms with van der Waals surface area (Å²) in [4.78, 5) is 24.7. The van der Waals surface area contributed by atoms with Crippen LogP contribution >= 0.6 is 0 Å². The summed E-state index contributed by atoms with van der Waals surface area (Å²) in [6.45, 7) is 2.83. The standard InChI is InChI=1S/C17H24N2O4/c1-12-7-8-14(13-5-3-4-6-15(13)23-2)19(10-12)11-16(20)18-9-17(21)22/h3-6,12,14H,7-11H2,1-2H3,(H,18,20)(H,21,22). The number of hydrogen-bond acceptors (Lipinski definition) is 4. The van der Waals surface area contributed by atoms with Crippen LogP contribution in [0.5, 0.6) is 5.75 Å². The predicted molar refractivity (Wildman–Crippen MR) is 86.4 cm³/mol. The lowest BCUT2D eigenvalue weighted by Gasteiger charge is -2.38. The predicted octanol–water partition coefficient (Wildman–Crippen LogP) is 1.67. The topological polar surface area (TPSA) is 78.9 Å². The number of carboxylic acid groups (broad SMARTS) is 1. The minimum Gasteiger partial charge on any atom is -0.496 e. The van der Waals surface area contributed by atoms with Crippen LogP contribution in [0.15, 0.2) is 24.3 Å². The number of hydrogen-bond donors (Lipinski definition) is 2. The maximum absolute atomic E-state index is 12.0. The van der Waals surface area contributed by atoms with E-state index in [1.54, 1.807) is 7.11 Å². The molecule has 23 heavy (non-hydrogen) atoms. The van der Waals surface area contributed by atoms with Crippen LogP contribution in [-0.2, 0) is 9.59 Å². The van der Waals surface area contributed by atoms with E-state index in [0.29, 0.717) is 5.92 Å². The Labute approximate surface area is 136 Å². The van der Waals surface area contributed by atoms with Gasteiger partial charge in [-0.1, -0.05) is 25.1 Å². The molecule has 1 aromatic carbocycles. The van der Waals surface area contributed by atoms with E-state index in [4.69, 9.17) is 9.84 Å². The van der Waals surface area contributed by atoms with Crippen molar-refractivity contribution in [3.63, 3.8) is 0 Å². The first-order chi connectivity index (χ1) is 11.0. The highest BCUT2D eigenvalue weighted by Crippen LogP contribution is 2.37. The second-order valence-electron chi connectivity index (χ2n) is 6.04. The SMILES string of the molecule is COc1ccccc1C1CCC(C)CN1CC(=O)NCC(=O)O. The van der Waals surface area contributed by atoms with Crippen LogP contribution in [0, 0.1) is 5.92 Å². The molecule has 0 saturated carbocycles. The number of nitrogens with one attached hydrogen (secondary N) is 1. The van der Waals surface area contributed by atoms with Gasteiger partial charge in [-0.2, -0.15) is 0 Å². The molecule has 6 heteroatoms. The number of aliphatic carboxylic acids is 1. The number of benzene rings is 1. The normalized spacial score (nSPS) is 21.7. The number of amides is 1. The molecule has 2 unspecified atom stereocenters. The van der Waals surface area contributed by atoms with Gasteiger partial charge in [0.2, 0.25) is 5.91 Å². The van der Waals surface area contributed by atoms with E-state index in [-0.39, 0.29) is 25.0 Å². The van der Waals surface area contributed by atoms with Gasteiger partial charge in [0.25, 0.3) is 0 Å². The lowest BCUT2D eigenvalue weighted by Crippen LogP contribution is -2.44. The summed E-state index contributed by atoms with van der Waals surface area (Å²) in [5.74, 6) is 0.0317. The van der Waals surface area contributed by atoms with Crippen molar-refractivity contribution < 1.29 is 19.4 Å². The van der Waals surface area contributed by atoms with Crippen LogP contribution in [0.25, 0.3) is 0 Å². The second-order valence-corrected chi connectivity index (χ2v) is 6.04. The third-order valence-electron chi connectivity index (χ3n) is 4.20. The largest absolute Gasteiger partial charge is 0.496 e. The second kappa shape index (κ2) is 7.97. The van der Waals surface area contributed by atoms with Crippen LogP contribution in [0.3, 0.4) is 0 Å². The van der Waals surface area contributed by atoms with Gasteiger partial charge in [0.15, 0.2) is 0 Å². The van der Waals surface area contributed by atoms with Gasteiger partial charge in [0, 0.05) is 18.2 Å². The molecule has 126 valence electrons. The van der Waals surface area contributed by atoms with Gasteiger partial charge in [0.05, 0.1) is 13.7 Å². The van der Waals surface area contributed by atoms with Gasteiger partial charge < -0.3 is 15.2 Å². The average Bonchev–Trinajstić information content (AvgIpc) is 2.53. The molecule has 2 atom stereocenters. The van der Waals surface area contributed by atoms with Crippen molar-refractivity contribution in [2.24, 2.45) is 5.92 Å². The third kappa shape index (κ3) is 4.69. The number of likely N-dealkylation sites (tertiary alicyclic amines) is 1. The lowest BCUT2D eigenvalue weighted by atomic mass is 9.89. The zero-order chi connectivity index (χ0) is 16.8. The molecule has 6 nitrogen and oxygen atoms in total. The Hall–Kier alpha value is -2.08. The molecule has 0 spiro atoms. The smallest absolute Gasteiger partial charge is 0.322 e. The minimum absolute atomic E-state index is 0.109. The highest BCUT2D eigenvalue weighted by molar-refractivity contribution is 5.82. The van der Waals surface area contributed by atoms with Gasteiger partial charge in [-0.25, -0.2) is 0 Å². The van der Waals surface area contributed by atoms with E-state index < -0.39 is 5.97 Å². The van der Waals surface area contributed by atoms with E-state index in [1.165, 1.54) is 0 Å². The zero-order valence-electron chi connectivity index (χ0n) is 13.6. The molecule has 1 fully saturated rings. The van der Waals surface area contributed by atoms with Gasteiger partial charge in [0.1, 0.15) is 12.3 Å². The Morgan fingerprint density at radius 1 is 1.35 bits per heavy atom. The number of piperidine rings is 1. The zero-order valence-corrected chi connectivity index (χ0v) is 13.6. The Balaban J connectivity index is 2.12. The molecule has 1 aliphatic heterocycles. The first-order valence-corrected chi connectivity index (χ1v) is 7.86. The van der Waals surface area contributed by atoms with E-state index in [1.807, 2.05) is 24.3 Å². The molecule has 1 saturated heterocycles. The number of rotatable bonds is 6. The van der Waals surface area contributed by atoms with E-state index in [0.717, 1.165) is 30.7 Å². The van der Waals surface area contributed by atoms with Crippen LogP contribution in [0.2, 0.25) is 0 Å². The number of carbonyl (C=O) groups excluding carboxylic acids is 1. The maximum atomic E-state index is 12.0. The summed E-state index contributed by atoms with van der Waals surface area (Å²) >= 11 is 0. The van der Waals surface area contributed by atoms with Crippen molar-refractivity contribution in [2.75, 3.05) is 26.7 Å². The summed E-state index contributed by atoms with van der Waals surface area (Å²) in [5.41, 5.74) is 1.08. The van der Waals surface area contributed by atoms with E-state index in [2.05, 4.69) is 17.1 Å². The Kier molecular flexibility index (Phi) is 5.98. The first-order valence-electron chi connectivity index (χ1n) is 7.86. The molecule has 2 rings (SSSR count). The van der Waals surface area contributed by atoms with E-state index >= 15 is 0 Å². The first kappa shape index (κ1) is 17.3. The summed E-state index contributed by atoms with van der Waals surface area (Å²) in [5, 5.41) is 11.1. The molecule has 1 aromatic rings. The van der Waals surface area contributed by atoms with Gasteiger partial charge in [-0.3, -0.25) is 14.5 Å². The number of ether oxygens (including phenoxy) is 1. The van der Waals surface area contributed by atoms with Gasteiger partial charge in [-0.15, -0.1) is 0 Å². The van der Waals surface area contributed by atoms with Crippen LogP contribution in [-0.4, -0.2) is 48.6 Å². The molecule has 0 aliphatic carbocycles. The molecule has 1 aliphatic rings. The fraction of sp³-hybridized carbons (Fsp3) is 0.529. The average molecular weight is 320 g/mol. The molecule has 1 heterocycles. The monoisotopic (exact) mass is 320 g/mol. The van der Waals surface area contributed by atoms with Crippen molar-refractivity contribution in [2.45, 2.75) is 25.8 Å². The number of methoxy groups -OCH3 is 1. The van der Waals surface area contributed by atoms with Crippen molar-refractivity contribution in [1.82, 2.24) is 10.2 Å². The molecular weight excluding hydrogens is 296 g/mol. The van der Waals surface area contributed by atoms with Crippen molar-refractivity contribution in [1.29, 1.82) is 0 Å². The maximum Gasteiger partial charge on any atom is 0.322 e. The molecule has 1 amide bonds. The molecule has 0 radical (unpaired) electrons. The lowest BCUT2D eigenvalue weighted by molar-refractivity contribution is -0.138. The summed E-state index contributed by atoms with van der Waals surface area (Å²) in [6.07, 6.45) is 2.05. The fourth-order valence-corrected chi connectivity index (χ4v) is 3.13. The highest BCUT2D eigenvalue weighted by Gasteiger charge is 2.30. The van der Waals surface area contributed by atoms with Crippen molar-refractivity contribution in [3.8, 4) is 5.75 Å².